The van der Waals surface area contributed by atoms with E-state index in [1.54, 1.807) is 12.3 Å². The van der Waals surface area contributed by atoms with Gasteiger partial charge in [-0.25, -0.2) is 4.79 Å². The number of anilines is 1. The van der Waals surface area contributed by atoms with Crippen molar-refractivity contribution in [2.24, 2.45) is 0 Å². The van der Waals surface area contributed by atoms with E-state index < -0.39 is 6.09 Å². The minimum absolute atomic E-state index is 0.474. The first-order valence-electron chi connectivity index (χ1n) is 4.49. The van der Waals surface area contributed by atoms with E-state index in [0.717, 1.165) is 10.9 Å². The van der Waals surface area contributed by atoms with Crippen molar-refractivity contribution in [3.8, 4) is 0 Å². The Bertz CT molecular complexity index is 497. The predicted octanol–water partition coefficient (Wildman–Crippen LogP) is 2.41. The number of carbonyl (C=O) groups is 1. The predicted molar refractivity (Wildman–Crippen MR) is 57.8 cm³/mol. The maximum Gasteiger partial charge on any atom is 0.411 e. The van der Waals surface area contributed by atoms with Crippen molar-refractivity contribution in [1.82, 2.24) is 4.98 Å². The molecule has 2 aromatic rings. The van der Waals surface area contributed by atoms with E-state index in [0.29, 0.717) is 5.69 Å². The van der Waals surface area contributed by atoms with Crippen LogP contribution in [0.15, 0.2) is 36.5 Å². The summed E-state index contributed by atoms with van der Waals surface area (Å²) in [6.45, 7) is 0. The summed E-state index contributed by atoms with van der Waals surface area (Å²) in [5.74, 6) is 0. The van der Waals surface area contributed by atoms with Gasteiger partial charge in [0.2, 0.25) is 0 Å². The fourth-order valence-corrected chi connectivity index (χ4v) is 1.32. The number of ether oxygens (including phenoxy) is 1. The molecule has 0 aliphatic rings. The Kier molecular flexibility index (Phi) is 2.49. The summed E-state index contributed by atoms with van der Waals surface area (Å²) in [7, 11) is 1.33. The smallest absolute Gasteiger partial charge is 0.411 e. The van der Waals surface area contributed by atoms with Gasteiger partial charge in [0.05, 0.1) is 12.6 Å². The third-order valence-corrected chi connectivity index (χ3v) is 2.03. The van der Waals surface area contributed by atoms with Gasteiger partial charge in [-0.1, -0.05) is 6.07 Å². The van der Waals surface area contributed by atoms with E-state index >= 15 is 0 Å². The standard InChI is InChI=1S/C11H10N2O2/c1-15-11(14)13-9-4-5-10-8(7-9)3-2-6-12-10/h2-7H,1H3,(H,13,14). The van der Waals surface area contributed by atoms with Crippen molar-refractivity contribution < 1.29 is 9.53 Å². The molecule has 0 fully saturated rings. The minimum atomic E-state index is -0.474. The molecule has 0 saturated heterocycles. The lowest BCUT2D eigenvalue weighted by Gasteiger charge is -2.04. The van der Waals surface area contributed by atoms with Gasteiger partial charge in [0.1, 0.15) is 0 Å². The van der Waals surface area contributed by atoms with Gasteiger partial charge < -0.3 is 4.74 Å². The van der Waals surface area contributed by atoms with E-state index in [-0.39, 0.29) is 0 Å². The lowest BCUT2D eigenvalue weighted by Crippen LogP contribution is -2.10. The fraction of sp³-hybridized carbons (Fsp3) is 0.0909. The van der Waals surface area contributed by atoms with E-state index in [2.05, 4.69) is 15.0 Å². The van der Waals surface area contributed by atoms with E-state index in [1.807, 2.05) is 24.3 Å². The maximum atomic E-state index is 11.0. The number of nitrogens with one attached hydrogen (secondary N) is 1. The third kappa shape index (κ3) is 2.04. The number of fused-ring (bicyclic) bond motifs is 1. The van der Waals surface area contributed by atoms with Crippen LogP contribution in [-0.2, 0) is 4.74 Å². The number of nitrogens with zero attached hydrogens (tertiary/aromatic N) is 1. The van der Waals surface area contributed by atoms with E-state index in [1.165, 1.54) is 7.11 Å². The number of hydrogen-bond donors (Lipinski definition) is 1. The van der Waals surface area contributed by atoms with Crippen molar-refractivity contribution in [2.45, 2.75) is 0 Å². The molecule has 76 valence electrons. The van der Waals surface area contributed by atoms with Crippen LogP contribution in [0.25, 0.3) is 10.9 Å². The molecule has 0 unspecified atom stereocenters. The molecular weight excluding hydrogens is 192 g/mol. The SMILES string of the molecule is COC(=O)Nc1ccc2ncccc2c1. The summed E-state index contributed by atoms with van der Waals surface area (Å²) in [6.07, 6.45) is 1.26. The molecule has 4 heteroatoms. The molecule has 0 aliphatic heterocycles. The highest BCUT2D eigenvalue weighted by atomic mass is 16.5. The Labute approximate surface area is 86.9 Å². The van der Waals surface area contributed by atoms with Gasteiger partial charge >= 0.3 is 6.09 Å². The number of benzene rings is 1. The van der Waals surface area contributed by atoms with Crippen LogP contribution in [0.3, 0.4) is 0 Å². The first-order chi connectivity index (χ1) is 7.29. The Morgan fingerprint density at radius 3 is 3.07 bits per heavy atom. The minimum Gasteiger partial charge on any atom is -0.453 e. The molecule has 0 atom stereocenters. The quantitative estimate of drug-likeness (QED) is 0.772. The Morgan fingerprint density at radius 1 is 1.40 bits per heavy atom. The van der Waals surface area contributed by atoms with Crippen molar-refractivity contribution in [3.63, 3.8) is 0 Å². The summed E-state index contributed by atoms with van der Waals surface area (Å²) in [4.78, 5) is 15.1. The van der Waals surface area contributed by atoms with Gasteiger partial charge in [-0.3, -0.25) is 10.3 Å². The summed E-state index contributed by atoms with van der Waals surface area (Å²) in [5, 5.41) is 3.57. The molecule has 1 heterocycles. The maximum absolute atomic E-state index is 11.0. The zero-order valence-corrected chi connectivity index (χ0v) is 8.23. The topological polar surface area (TPSA) is 51.2 Å². The molecular formula is C11H10N2O2. The Balaban J connectivity index is 2.34. The zero-order chi connectivity index (χ0) is 10.7. The number of amides is 1. The van der Waals surface area contributed by atoms with Crippen molar-refractivity contribution in [1.29, 1.82) is 0 Å². The number of carbonyl (C=O) groups excluding carboxylic acids is 1. The highest BCUT2D eigenvalue weighted by Gasteiger charge is 2.01. The molecule has 0 radical (unpaired) electrons. The summed E-state index contributed by atoms with van der Waals surface area (Å²) >= 11 is 0. The zero-order valence-electron chi connectivity index (χ0n) is 8.23. The molecule has 0 aliphatic carbocycles. The molecule has 0 spiro atoms. The monoisotopic (exact) mass is 202 g/mol. The van der Waals surface area contributed by atoms with Crippen LogP contribution in [0.4, 0.5) is 10.5 Å². The number of rotatable bonds is 1. The van der Waals surface area contributed by atoms with Crippen LogP contribution in [0.2, 0.25) is 0 Å². The van der Waals surface area contributed by atoms with Crippen LogP contribution in [-0.4, -0.2) is 18.2 Å². The first kappa shape index (κ1) is 9.45. The van der Waals surface area contributed by atoms with Gasteiger partial charge in [0.25, 0.3) is 0 Å². The van der Waals surface area contributed by atoms with Crippen LogP contribution >= 0.6 is 0 Å². The second kappa shape index (κ2) is 3.96. The Morgan fingerprint density at radius 2 is 2.27 bits per heavy atom. The van der Waals surface area contributed by atoms with Crippen molar-refractivity contribution >= 4 is 22.7 Å². The summed E-state index contributed by atoms with van der Waals surface area (Å²) < 4.78 is 4.50. The van der Waals surface area contributed by atoms with Gasteiger partial charge in [-0.2, -0.15) is 0 Å². The molecule has 1 aromatic heterocycles. The van der Waals surface area contributed by atoms with Crippen LogP contribution in [0.1, 0.15) is 0 Å². The van der Waals surface area contributed by atoms with E-state index in [4.69, 9.17) is 0 Å². The molecule has 15 heavy (non-hydrogen) atoms. The van der Waals surface area contributed by atoms with Crippen LogP contribution < -0.4 is 5.32 Å². The first-order valence-corrected chi connectivity index (χ1v) is 4.49. The molecule has 2 rings (SSSR count). The fourth-order valence-electron chi connectivity index (χ4n) is 1.32. The number of hydrogen-bond acceptors (Lipinski definition) is 3. The highest BCUT2D eigenvalue weighted by molar-refractivity contribution is 5.89. The Hall–Kier alpha value is -2.10. The molecule has 1 amide bonds. The molecule has 0 bridgehead atoms. The van der Waals surface area contributed by atoms with Crippen molar-refractivity contribution in [2.75, 3.05) is 12.4 Å². The van der Waals surface area contributed by atoms with Crippen LogP contribution in [0, 0.1) is 0 Å². The summed E-state index contributed by atoms with van der Waals surface area (Å²) in [6, 6.07) is 9.27. The van der Waals surface area contributed by atoms with Crippen molar-refractivity contribution in [3.05, 3.63) is 36.5 Å². The van der Waals surface area contributed by atoms with Gasteiger partial charge in [0.15, 0.2) is 0 Å². The van der Waals surface area contributed by atoms with Crippen LogP contribution in [0.5, 0.6) is 0 Å². The average molecular weight is 202 g/mol. The normalized spacial score (nSPS) is 9.93. The average Bonchev–Trinajstić information content (AvgIpc) is 2.29. The largest absolute Gasteiger partial charge is 0.453 e. The third-order valence-electron chi connectivity index (χ3n) is 2.03. The lowest BCUT2D eigenvalue weighted by molar-refractivity contribution is 0.187. The second-order valence-corrected chi connectivity index (χ2v) is 3.03. The molecule has 1 N–H and O–H groups in total. The molecule has 1 aromatic carbocycles. The van der Waals surface area contributed by atoms with Gasteiger partial charge in [0, 0.05) is 17.3 Å². The highest BCUT2D eigenvalue weighted by Crippen LogP contribution is 2.16. The molecule has 4 nitrogen and oxygen atoms in total. The van der Waals surface area contributed by atoms with E-state index in [9.17, 15) is 4.79 Å². The number of methoxy groups -OCH3 is 1. The summed E-state index contributed by atoms with van der Waals surface area (Å²) in [5.41, 5.74) is 1.59. The number of aromatic nitrogens is 1. The number of pyridine rings is 1. The van der Waals surface area contributed by atoms with Gasteiger partial charge in [-0.15, -0.1) is 0 Å². The molecule has 0 saturated carbocycles. The lowest BCUT2D eigenvalue weighted by atomic mass is 10.2. The second-order valence-electron chi connectivity index (χ2n) is 3.03. The van der Waals surface area contributed by atoms with Gasteiger partial charge in [-0.05, 0) is 24.3 Å².